The highest BCUT2D eigenvalue weighted by molar-refractivity contribution is 9.10. The van der Waals surface area contributed by atoms with E-state index in [9.17, 15) is 0 Å². The van der Waals surface area contributed by atoms with Crippen LogP contribution in [0.2, 0.25) is 5.02 Å². The van der Waals surface area contributed by atoms with Crippen LogP contribution in [-0.4, -0.2) is 10.2 Å². The fourth-order valence-electron chi connectivity index (χ4n) is 1.78. The standard InChI is InChI=1S/C13H15BrClN3/c1-8-10(7-17-18-8)6-16-9(2)12-4-3-11(14)5-13(12)15/h3-5,7,9,16H,6H2,1-2H3,(H,17,18). The first-order chi connectivity index (χ1) is 8.58. The van der Waals surface area contributed by atoms with Crippen molar-refractivity contribution >= 4 is 27.5 Å². The average molecular weight is 329 g/mol. The third-order valence-corrected chi connectivity index (χ3v) is 3.78. The van der Waals surface area contributed by atoms with Gasteiger partial charge in [-0.3, -0.25) is 5.10 Å². The second-order valence-corrected chi connectivity index (χ2v) is 5.61. The van der Waals surface area contributed by atoms with Gasteiger partial charge in [0.05, 0.1) is 6.20 Å². The Balaban J connectivity index is 2.03. The highest BCUT2D eigenvalue weighted by Crippen LogP contribution is 2.26. The van der Waals surface area contributed by atoms with Crippen molar-refractivity contribution < 1.29 is 0 Å². The van der Waals surface area contributed by atoms with E-state index in [0.717, 1.165) is 27.3 Å². The maximum atomic E-state index is 6.23. The number of hydrogen-bond acceptors (Lipinski definition) is 2. The predicted molar refractivity (Wildman–Crippen MR) is 77.7 cm³/mol. The number of nitrogens with zero attached hydrogens (tertiary/aromatic N) is 1. The molecule has 3 nitrogen and oxygen atoms in total. The monoisotopic (exact) mass is 327 g/mol. The largest absolute Gasteiger partial charge is 0.306 e. The van der Waals surface area contributed by atoms with Crippen molar-refractivity contribution in [2.75, 3.05) is 0 Å². The topological polar surface area (TPSA) is 40.7 Å². The van der Waals surface area contributed by atoms with Crippen LogP contribution in [0, 0.1) is 6.92 Å². The van der Waals surface area contributed by atoms with Gasteiger partial charge in [0.25, 0.3) is 0 Å². The van der Waals surface area contributed by atoms with Crippen LogP contribution >= 0.6 is 27.5 Å². The van der Waals surface area contributed by atoms with E-state index in [1.165, 1.54) is 5.56 Å². The SMILES string of the molecule is Cc1[nH]ncc1CNC(C)c1ccc(Br)cc1Cl. The molecule has 0 fully saturated rings. The molecule has 18 heavy (non-hydrogen) atoms. The molecule has 1 aromatic heterocycles. The smallest absolute Gasteiger partial charge is 0.0535 e. The molecule has 0 saturated carbocycles. The fraction of sp³-hybridized carbons (Fsp3) is 0.308. The lowest BCUT2D eigenvalue weighted by Crippen LogP contribution is -2.18. The summed E-state index contributed by atoms with van der Waals surface area (Å²) in [5.74, 6) is 0. The van der Waals surface area contributed by atoms with Crippen molar-refractivity contribution in [2.45, 2.75) is 26.4 Å². The summed E-state index contributed by atoms with van der Waals surface area (Å²) >= 11 is 9.64. The summed E-state index contributed by atoms with van der Waals surface area (Å²) in [6, 6.07) is 6.15. The zero-order valence-electron chi connectivity index (χ0n) is 10.3. The Morgan fingerprint density at radius 1 is 1.50 bits per heavy atom. The molecule has 2 rings (SSSR count). The molecule has 2 aromatic rings. The summed E-state index contributed by atoms with van der Waals surface area (Å²) in [5.41, 5.74) is 3.37. The summed E-state index contributed by atoms with van der Waals surface area (Å²) in [6.45, 7) is 4.89. The summed E-state index contributed by atoms with van der Waals surface area (Å²) in [6.07, 6.45) is 1.85. The minimum absolute atomic E-state index is 0.194. The van der Waals surface area contributed by atoms with Crippen molar-refractivity contribution in [3.05, 3.63) is 50.7 Å². The number of hydrogen-bond donors (Lipinski definition) is 2. The maximum absolute atomic E-state index is 6.23. The molecule has 96 valence electrons. The molecule has 0 bridgehead atoms. The van der Waals surface area contributed by atoms with Gasteiger partial charge in [0.2, 0.25) is 0 Å². The van der Waals surface area contributed by atoms with Gasteiger partial charge in [0, 0.05) is 33.3 Å². The lowest BCUT2D eigenvalue weighted by atomic mass is 10.1. The van der Waals surface area contributed by atoms with Crippen LogP contribution in [0.5, 0.6) is 0 Å². The quantitative estimate of drug-likeness (QED) is 0.891. The van der Waals surface area contributed by atoms with Crippen LogP contribution in [-0.2, 0) is 6.54 Å². The lowest BCUT2D eigenvalue weighted by molar-refractivity contribution is 0.573. The van der Waals surface area contributed by atoms with Crippen LogP contribution in [0.4, 0.5) is 0 Å². The third kappa shape index (κ3) is 3.13. The molecule has 0 radical (unpaired) electrons. The number of benzene rings is 1. The molecule has 1 atom stereocenters. The zero-order valence-corrected chi connectivity index (χ0v) is 12.6. The number of halogens is 2. The van der Waals surface area contributed by atoms with E-state index in [-0.39, 0.29) is 6.04 Å². The first kappa shape index (κ1) is 13.6. The molecular weight excluding hydrogens is 314 g/mol. The van der Waals surface area contributed by atoms with E-state index in [2.05, 4.69) is 38.4 Å². The van der Waals surface area contributed by atoms with Crippen molar-refractivity contribution in [3.8, 4) is 0 Å². The highest BCUT2D eigenvalue weighted by atomic mass is 79.9. The van der Waals surface area contributed by atoms with E-state index in [1.807, 2.05) is 31.3 Å². The van der Waals surface area contributed by atoms with Gasteiger partial charge < -0.3 is 5.32 Å². The summed E-state index contributed by atoms with van der Waals surface area (Å²) in [5, 5.41) is 11.1. The average Bonchev–Trinajstić information content (AvgIpc) is 2.72. The summed E-state index contributed by atoms with van der Waals surface area (Å²) in [7, 11) is 0. The second-order valence-electron chi connectivity index (χ2n) is 4.29. The van der Waals surface area contributed by atoms with Gasteiger partial charge in [0.1, 0.15) is 0 Å². The van der Waals surface area contributed by atoms with Crippen LogP contribution < -0.4 is 5.32 Å². The predicted octanol–water partition coefficient (Wildman–Crippen LogP) is 3.98. The van der Waals surface area contributed by atoms with Crippen LogP contribution in [0.25, 0.3) is 0 Å². The molecule has 2 N–H and O–H groups in total. The number of aryl methyl sites for hydroxylation is 1. The van der Waals surface area contributed by atoms with E-state index in [1.54, 1.807) is 0 Å². The Labute approximate surface area is 120 Å². The number of aromatic amines is 1. The van der Waals surface area contributed by atoms with Crippen molar-refractivity contribution in [1.82, 2.24) is 15.5 Å². The van der Waals surface area contributed by atoms with Gasteiger partial charge >= 0.3 is 0 Å². The maximum Gasteiger partial charge on any atom is 0.0535 e. The number of aromatic nitrogens is 2. The number of H-pyrrole nitrogens is 1. The van der Waals surface area contributed by atoms with Crippen molar-refractivity contribution in [3.63, 3.8) is 0 Å². The summed E-state index contributed by atoms with van der Waals surface area (Å²) in [4.78, 5) is 0. The summed E-state index contributed by atoms with van der Waals surface area (Å²) < 4.78 is 0.995. The molecule has 0 spiro atoms. The second kappa shape index (κ2) is 5.87. The molecule has 0 aliphatic rings. The third-order valence-electron chi connectivity index (χ3n) is 2.96. The van der Waals surface area contributed by atoms with Gasteiger partial charge in [-0.1, -0.05) is 33.6 Å². The minimum atomic E-state index is 0.194. The number of rotatable bonds is 4. The van der Waals surface area contributed by atoms with Gasteiger partial charge in [-0.15, -0.1) is 0 Å². The first-order valence-corrected chi connectivity index (χ1v) is 6.92. The van der Waals surface area contributed by atoms with Crippen molar-refractivity contribution in [1.29, 1.82) is 0 Å². The van der Waals surface area contributed by atoms with E-state index >= 15 is 0 Å². The highest BCUT2D eigenvalue weighted by Gasteiger charge is 2.10. The van der Waals surface area contributed by atoms with Gasteiger partial charge in [-0.25, -0.2) is 0 Å². The molecule has 0 aliphatic carbocycles. The van der Waals surface area contributed by atoms with E-state index in [4.69, 9.17) is 11.6 Å². The normalized spacial score (nSPS) is 12.7. The van der Waals surface area contributed by atoms with E-state index < -0.39 is 0 Å². The Morgan fingerprint density at radius 2 is 2.28 bits per heavy atom. The van der Waals surface area contributed by atoms with Gasteiger partial charge in [-0.05, 0) is 31.5 Å². The van der Waals surface area contributed by atoms with Gasteiger partial charge in [-0.2, -0.15) is 5.10 Å². The van der Waals surface area contributed by atoms with E-state index in [0.29, 0.717) is 0 Å². The first-order valence-electron chi connectivity index (χ1n) is 5.75. The molecule has 1 heterocycles. The fourth-order valence-corrected chi connectivity index (χ4v) is 2.62. The molecule has 1 aromatic carbocycles. The molecule has 0 amide bonds. The van der Waals surface area contributed by atoms with Gasteiger partial charge in [0.15, 0.2) is 0 Å². The van der Waals surface area contributed by atoms with Crippen LogP contribution in [0.1, 0.15) is 29.8 Å². The molecule has 0 saturated heterocycles. The Hall–Kier alpha value is -0.840. The number of nitrogens with one attached hydrogen (secondary N) is 2. The molecule has 0 aliphatic heterocycles. The van der Waals surface area contributed by atoms with Crippen LogP contribution in [0.15, 0.2) is 28.9 Å². The minimum Gasteiger partial charge on any atom is -0.306 e. The van der Waals surface area contributed by atoms with Crippen LogP contribution in [0.3, 0.4) is 0 Å². The molecular formula is C13H15BrClN3. The molecule has 5 heteroatoms. The lowest BCUT2D eigenvalue weighted by Gasteiger charge is -2.15. The Morgan fingerprint density at radius 3 is 2.89 bits per heavy atom. The zero-order chi connectivity index (χ0) is 13.1. The molecule has 1 unspecified atom stereocenters. The van der Waals surface area contributed by atoms with Crippen molar-refractivity contribution in [2.24, 2.45) is 0 Å². The Bertz CT molecular complexity index is 539. The Kier molecular flexibility index (Phi) is 4.43.